The topological polar surface area (TPSA) is 69.0 Å². The van der Waals surface area contributed by atoms with Crippen LogP contribution in [0.5, 0.6) is 5.75 Å². The van der Waals surface area contributed by atoms with Gasteiger partial charge in [-0.2, -0.15) is 0 Å². The molecule has 3 aromatic rings. The normalized spacial score (nSPS) is 14.3. The number of nitrogens with zero attached hydrogens (tertiary/aromatic N) is 3. The van der Waals surface area contributed by atoms with Crippen LogP contribution in [0.25, 0.3) is 11.4 Å². The van der Waals surface area contributed by atoms with Crippen LogP contribution in [0.1, 0.15) is 25.3 Å². The summed E-state index contributed by atoms with van der Waals surface area (Å²) in [6.45, 7) is 2.63. The van der Waals surface area contributed by atoms with Gasteiger partial charge in [0.2, 0.25) is 5.91 Å². The van der Waals surface area contributed by atoms with Gasteiger partial charge in [0.25, 0.3) is 0 Å². The van der Waals surface area contributed by atoms with E-state index in [4.69, 9.17) is 4.74 Å². The standard InChI is InChI=1S/C23H26N4O2S/c1-16(22(28)24-18-12-13-18)30-23-26-25-21(19-10-6-7-11-20(19)29-2)27(23)15-14-17-8-4-3-5-9-17/h3-11,16,18H,12-15H2,1-2H3,(H,24,28). The molecule has 1 heterocycles. The fraction of sp³-hybridized carbons (Fsp3) is 0.348. The minimum atomic E-state index is -0.240. The third-order valence-corrected chi connectivity index (χ3v) is 6.19. The Morgan fingerprint density at radius 2 is 1.90 bits per heavy atom. The molecule has 0 radical (unpaired) electrons. The van der Waals surface area contributed by atoms with Gasteiger partial charge in [-0.3, -0.25) is 4.79 Å². The van der Waals surface area contributed by atoms with Crippen molar-refractivity contribution in [1.29, 1.82) is 0 Å². The fourth-order valence-corrected chi connectivity index (χ4v) is 4.13. The Morgan fingerprint density at radius 3 is 2.63 bits per heavy atom. The number of hydrogen-bond acceptors (Lipinski definition) is 5. The Kier molecular flexibility index (Phi) is 6.38. The zero-order valence-electron chi connectivity index (χ0n) is 17.2. The van der Waals surface area contributed by atoms with E-state index in [1.165, 1.54) is 17.3 Å². The first-order valence-corrected chi connectivity index (χ1v) is 11.1. The number of aromatic nitrogens is 3. The first-order valence-electron chi connectivity index (χ1n) is 10.2. The smallest absolute Gasteiger partial charge is 0.233 e. The maximum absolute atomic E-state index is 12.5. The number of nitrogens with one attached hydrogen (secondary N) is 1. The molecule has 156 valence electrons. The molecule has 1 amide bonds. The van der Waals surface area contributed by atoms with Crippen molar-refractivity contribution < 1.29 is 9.53 Å². The van der Waals surface area contributed by atoms with Crippen molar-refractivity contribution in [2.24, 2.45) is 0 Å². The molecule has 1 N–H and O–H groups in total. The van der Waals surface area contributed by atoms with Crippen molar-refractivity contribution in [3.8, 4) is 17.1 Å². The Morgan fingerprint density at radius 1 is 1.17 bits per heavy atom. The Labute approximate surface area is 181 Å². The lowest BCUT2D eigenvalue weighted by Crippen LogP contribution is -2.32. The van der Waals surface area contributed by atoms with Gasteiger partial charge in [-0.15, -0.1) is 10.2 Å². The second-order valence-electron chi connectivity index (χ2n) is 7.44. The molecule has 0 spiro atoms. The second kappa shape index (κ2) is 9.34. The molecule has 0 saturated heterocycles. The number of aryl methyl sites for hydroxylation is 1. The molecular formula is C23H26N4O2S. The zero-order valence-corrected chi connectivity index (χ0v) is 18.1. The number of thioether (sulfide) groups is 1. The predicted octanol–water partition coefficient (Wildman–Crippen LogP) is 3.96. The lowest BCUT2D eigenvalue weighted by atomic mass is 10.1. The van der Waals surface area contributed by atoms with E-state index in [9.17, 15) is 4.79 Å². The average molecular weight is 423 g/mol. The van der Waals surface area contributed by atoms with E-state index < -0.39 is 0 Å². The number of carbonyl (C=O) groups excluding carboxylic acids is 1. The summed E-state index contributed by atoms with van der Waals surface area (Å²) in [5, 5.41) is 12.5. The molecule has 0 aliphatic heterocycles. The number of carbonyl (C=O) groups is 1. The molecule has 1 aliphatic rings. The monoisotopic (exact) mass is 422 g/mol. The van der Waals surface area contributed by atoms with Crippen LogP contribution in [0, 0.1) is 0 Å². The molecule has 1 saturated carbocycles. The van der Waals surface area contributed by atoms with Gasteiger partial charge in [0.05, 0.1) is 17.9 Å². The Bertz CT molecular complexity index is 1000. The molecule has 6 nitrogen and oxygen atoms in total. The summed E-state index contributed by atoms with van der Waals surface area (Å²) in [7, 11) is 1.66. The maximum Gasteiger partial charge on any atom is 0.233 e. The van der Waals surface area contributed by atoms with Crippen molar-refractivity contribution in [2.75, 3.05) is 7.11 Å². The SMILES string of the molecule is COc1ccccc1-c1nnc(SC(C)C(=O)NC2CC2)n1CCc1ccccc1. The van der Waals surface area contributed by atoms with Crippen molar-refractivity contribution >= 4 is 17.7 Å². The van der Waals surface area contributed by atoms with E-state index in [1.807, 2.05) is 49.4 Å². The Balaban J connectivity index is 1.61. The van der Waals surface area contributed by atoms with Crippen molar-refractivity contribution in [3.05, 3.63) is 60.2 Å². The van der Waals surface area contributed by atoms with Gasteiger partial charge in [0.1, 0.15) is 5.75 Å². The summed E-state index contributed by atoms with van der Waals surface area (Å²) in [6, 6.07) is 18.5. The van der Waals surface area contributed by atoms with Crippen LogP contribution in [0.15, 0.2) is 59.8 Å². The lowest BCUT2D eigenvalue weighted by Gasteiger charge is -2.14. The molecule has 0 bridgehead atoms. The van der Waals surface area contributed by atoms with E-state index >= 15 is 0 Å². The summed E-state index contributed by atoms with van der Waals surface area (Å²) >= 11 is 1.45. The molecule has 2 aromatic carbocycles. The highest BCUT2D eigenvalue weighted by Crippen LogP contribution is 2.32. The molecule has 1 fully saturated rings. The van der Waals surface area contributed by atoms with Crippen LogP contribution in [-0.4, -0.2) is 39.1 Å². The minimum absolute atomic E-state index is 0.0546. The van der Waals surface area contributed by atoms with Crippen LogP contribution < -0.4 is 10.1 Å². The molecule has 1 aromatic heterocycles. The van der Waals surface area contributed by atoms with Gasteiger partial charge in [-0.1, -0.05) is 54.2 Å². The maximum atomic E-state index is 12.5. The second-order valence-corrected chi connectivity index (χ2v) is 8.74. The number of methoxy groups -OCH3 is 1. The molecule has 4 rings (SSSR count). The van der Waals surface area contributed by atoms with Gasteiger partial charge >= 0.3 is 0 Å². The average Bonchev–Trinajstić information content (AvgIpc) is 3.51. The number of hydrogen-bond donors (Lipinski definition) is 1. The molecule has 30 heavy (non-hydrogen) atoms. The molecule has 7 heteroatoms. The number of para-hydroxylation sites is 1. The van der Waals surface area contributed by atoms with E-state index in [1.54, 1.807) is 7.11 Å². The van der Waals surface area contributed by atoms with Crippen molar-refractivity contribution in [1.82, 2.24) is 20.1 Å². The molecule has 1 unspecified atom stereocenters. The first kappa shape index (κ1) is 20.5. The van der Waals surface area contributed by atoms with Gasteiger partial charge in [0.15, 0.2) is 11.0 Å². The quantitative estimate of drug-likeness (QED) is 0.529. The highest BCUT2D eigenvalue weighted by molar-refractivity contribution is 8.00. The highest BCUT2D eigenvalue weighted by atomic mass is 32.2. The van der Waals surface area contributed by atoms with E-state index in [2.05, 4.69) is 32.2 Å². The van der Waals surface area contributed by atoms with Gasteiger partial charge in [0, 0.05) is 12.6 Å². The van der Waals surface area contributed by atoms with Crippen LogP contribution >= 0.6 is 11.8 Å². The number of rotatable bonds is 9. The lowest BCUT2D eigenvalue weighted by molar-refractivity contribution is -0.120. The van der Waals surface area contributed by atoms with Crippen molar-refractivity contribution in [3.63, 3.8) is 0 Å². The third kappa shape index (κ3) is 4.84. The van der Waals surface area contributed by atoms with E-state index in [0.717, 1.165) is 41.6 Å². The summed E-state index contributed by atoms with van der Waals surface area (Å²) in [5.74, 6) is 1.56. The van der Waals surface area contributed by atoms with Crippen molar-refractivity contribution in [2.45, 2.75) is 49.2 Å². The highest BCUT2D eigenvalue weighted by Gasteiger charge is 2.27. The molecular weight excluding hydrogens is 396 g/mol. The minimum Gasteiger partial charge on any atom is -0.496 e. The van der Waals surface area contributed by atoms with Crippen LogP contribution in [0.3, 0.4) is 0 Å². The van der Waals surface area contributed by atoms with Crippen LogP contribution in [-0.2, 0) is 17.8 Å². The van der Waals surface area contributed by atoms with Crippen LogP contribution in [0.4, 0.5) is 0 Å². The predicted molar refractivity (Wildman–Crippen MR) is 119 cm³/mol. The van der Waals surface area contributed by atoms with Gasteiger partial charge < -0.3 is 14.6 Å². The van der Waals surface area contributed by atoms with Gasteiger partial charge in [-0.25, -0.2) is 0 Å². The molecule has 1 atom stereocenters. The van der Waals surface area contributed by atoms with Gasteiger partial charge in [-0.05, 0) is 43.9 Å². The summed E-state index contributed by atoms with van der Waals surface area (Å²) < 4.78 is 7.64. The summed E-state index contributed by atoms with van der Waals surface area (Å²) in [6.07, 6.45) is 3.00. The largest absolute Gasteiger partial charge is 0.496 e. The molecule has 1 aliphatic carbocycles. The van der Waals surface area contributed by atoms with Crippen LogP contribution in [0.2, 0.25) is 0 Å². The summed E-state index contributed by atoms with van der Waals surface area (Å²) in [4.78, 5) is 12.5. The third-order valence-electron chi connectivity index (χ3n) is 5.11. The zero-order chi connectivity index (χ0) is 20.9. The number of amides is 1. The first-order chi connectivity index (χ1) is 14.7. The number of benzene rings is 2. The Hall–Kier alpha value is -2.80. The van der Waals surface area contributed by atoms with E-state index in [-0.39, 0.29) is 11.2 Å². The fourth-order valence-electron chi connectivity index (χ4n) is 3.25. The number of ether oxygens (including phenoxy) is 1. The van der Waals surface area contributed by atoms with E-state index in [0.29, 0.717) is 12.6 Å². The summed E-state index contributed by atoms with van der Waals surface area (Å²) in [5.41, 5.74) is 2.13.